The van der Waals surface area contributed by atoms with Gasteiger partial charge in [0.1, 0.15) is 17.3 Å². The quantitative estimate of drug-likeness (QED) is 0.525. The molecule has 0 radical (unpaired) electrons. The van der Waals surface area contributed by atoms with Crippen LogP contribution in [-0.2, 0) is 4.79 Å². The minimum atomic E-state index is -0.582. The summed E-state index contributed by atoms with van der Waals surface area (Å²) in [5.41, 5.74) is 0.724. The number of aliphatic imine (C=N–C) groups is 1. The first-order valence-corrected chi connectivity index (χ1v) is 8.95. The van der Waals surface area contributed by atoms with Gasteiger partial charge in [0.15, 0.2) is 5.17 Å². The fourth-order valence-corrected chi connectivity index (χ4v) is 3.24. The van der Waals surface area contributed by atoms with Crippen molar-refractivity contribution in [1.82, 2.24) is 0 Å². The van der Waals surface area contributed by atoms with Gasteiger partial charge in [0, 0.05) is 11.3 Å². The monoisotopic (exact) mass is 390 g/mol. The van der Waals surface area contributed by atoms with Crippen LogP contribution in [0.3, 0.4) is 0 Å². The van der Waals surface area contributed by atoms with Gasteiger partial charge >= 0.3 is 0 Å². The van der Waals surface area contributed by atoms with Gasteiger partial charge in [-0.2, -0.15) is 0 Å². The van der Waals surface area contributed by atoms with Gasteiger partial charge in [-0.1, -0.05) is 47.6 Å². The summed E-state index contributed by atoms with van der Waals surface area (Å²) < 4.78 is 27.3. The van der Waals surface area contributed by atoms with Crippen LogP contribution in [0.1, 0.15) is 5.56 Å². The van der Waals surface area contributed by atoms with E-state index in [2.05, 4.69) is 11.6 Å². The third-order valence-electron chi connectivity index (χ3n) is 3.52. The van der Waals surface area contributed by atoms with Gasteiger partial charge in [-0.3, -0.25) is 9.69 Å². The Morgan fingerprint density at radius 1 is 1.19 bits per heavy atom. The molecule has 7 heteroatoms. The van der Waals surface area contributed by atoms with E-state index >= 15 is 0 Å². The molecule has 0 bridgehead atoms. The van der Waals surface area contributed by atoms with Crippen molar-refractivity contribution < 1.29 is 13.6 Å². The number of rotatable bonds is 4. The molecule has 2 aromatic rings. The van der Waals surface area contributed by atoms with Gasteiger partial charge in [-0.05, 0) is 30.3 Å². The molecule has 3 nitrogen and oxygen atoms in total. The Morgan fingerprint density at radius 2 is 1.96 bits per heavy atom. The van der Waals surface area contributed by atoms with Crippen LogP contribution in [0.2, 0.25) is 5.02 Å². The number of halogens is 3. The fraction of sp³-hybridized carbons (Fsp3) is 0.0526. The second-order valence-electron chi connectivity index (χ2n) is 5.28. The smallest absolute Gasteiger partial charge is 0.266 e. The van der Waals surface area contributed by atoms with E-state index in [-0.39, 0.29) is 16.3 Å². The van der Waals surface area contributed by atoms with E-state index in [1.54, 1.807) is 24.3 Å². The Kier molecular flexibility index (Phi) is 5.54. The molecule has 26 heavy (non-hydrogen) atoms. The van der Waals surface area contributed by atoms with Crippen molar-refractivity contribution >= 4 is 46.2 Å². The molecule has 1 amide bonds. The van der Waals surface area contributed by atoms with Crippen molar-refractivity contribution in [2.45, 2.75) is 0 Å². The summed E-state index contributed by atoms with van der Waals surface area (Å²) in [5.74, 6) is -0.958. The van der Waals surface area contributed by atoms with Crippen LogP contribution >= 0.6 is 23.4 Å². The Hall–Kier alpha value is -2.44. The molecule has 0 saturated carbocycles. The first-order valence-electron chi connectivity index (χ1n) is 7.59. The van der Waals surface area contributed by atoms with Crippen molar-refractivity contribution in [3.63, 3.8) is 0 Å². The van der Waals surface area contributed by atoms with Crippen LogP contribution in [0.5, 0.6) is 0 Å². The lowest BCUT2D eigenvalue weighted by molar-refractivity contribution is -0.113. The van der Waals surface area contributed by atoms with Crippen LogP contribution in [0.25, 0.3) is 6.08 Å². The average molecular weight is 391 g/mol. The third kappa shape index (κ3) is 3.71. The molecule has 0 spiro atoms. The molecule has 0 atom stereocenters. The van der Waals surface area contributed by atoms with Crippen molar-refractivity contribution in [2.75, 3.05) is 10.7 Å². The number of hydrogen-bond donors (Lipinski definition) is 0. The van der Waals surface area contributed by atoms with E-state index in [1.165, 1.54) is 47.0 Å². The highest BCUT2D eigenvalue weighted by Gasteiger charge is 2.32. The van der Waals surface area contributed by atoms with Gasteiger partial charge in [0.25, 0.3) is 5.91 Å². The number of carbonyl (C=O) groups is 1. The highest BCUT2D eigenvalue weighted by Crippen LogP contribution is 2.31. The van der Waals surface area contributed by atoms with E-state index in [0.29, 0.717) is 16.6 Å². The number of thioether (sulfide) groups is 1. The first kappa shape index (κ1) is 18.4. The molecule has 2 aromatic carbocycles. The van der Waals surface area contributed by atoms with Gasteiger partial charge in [0.05, 0.1) is 10.7 Å². The molecular formula is C19H13ClF2N2OS. The zero-order chi connectivity index (χ0) is 18.7. The van der Waals surface area contributed by atoms with Gasteiger partial charge in [0.2, 0.25) is 0 Å². The molecule has 1 heterocycles. The summed E-state index contributed by atoms with van der Waals surface area (Å²) in [6.07, 6.45) is 3.06. The van der Waals surface area contributed by atoms with E-state index in [4.69, 9.17) is 11.6 Å². The second kappa shape index (κ2) is 7.85. The number of hydrogen-bond acceptors (Lipinski definition) is 3. The summed E-state index contributed by atoms with van der Waals surface area (Å²) in [7, 11) is 0. The maximum absolute atomic E-state index is 13.9. The first-order chi connectivity index (χ1) is 12.5. The maximum Gasteiger partial charge on any atom is 0.283 e. The zero-order valence-corrected chi connectivity index (χ0v) is 15.0. The van der Waals surface area contributed by atoms with E-state index in [9.17, 15) is 13.6 Å². The maximum atomic E-state index is 13.9. The van der Waals surface area contributed by atoms with E-state index in [0.717, 1.165) is 0 Å². The number of amidine groups is 1. The lowest BCUT2D eigenvalue weighted by atomic mass is 10.1. The standard InChI is InChI=1S/C19H13ClF2N2OS/c1-2-9-26-19-23-17(10-12-5-3-4-6-15(12)21)18(25)24(19)13-7-8-16(22)14(20)11-13/h2-8,10-11H,1,9H2/b17-10-. The molecule has 0 saturated heterocycles. The summed E-state index contributed by atoms with van der Waals surface area (Å²) in [6, 6.07) is 10.1. The SMILES string of the molecule is C=CCSC1=N/C(=C\c2ccccc2F)C(=O)N1c1ccc(F)c(Cl)c1. The Bertz CT molecular complexity index is 943. The van der Waals surface area contributed by atoms with Crippen molar-refractivity contribution in [2.24, 2.45) is 4.99 Å². The Morgan fingerprint density at radius 3 is 2.65 bits per heavy atom. The van der Waals surface area contributed by atoms with Crippen LogP contribution in [0.4, 0.5) is 14.5 Å². The summed E-state index contributed by atoms with van der Waals surface area (Å²) >= 11 is 7.12. The molecule has 0 unspecified atom stereocenters. The minimum Gasteiger partial charge on any atom is -0.266 e. The predicted molar refractivity (Wildman–Crippen MR) is 103 cm³/mol. The van der Waals surface area contributed by atoms with Gasteiger partial charge < -0.3 is 0 Å². The van der Waals surface area contributed by atoms with E-state index < -0.39 is 17.5 Å². The van der Waals surface area contributed by atoms with Crippen molar-refractivity contribution in [3.05, 3.63) is 83.0 Å². The van der Waals surface area contributed by atoms with Crippen LogP contribution in [-0.4, -0.2) is 16.8 Å². The number of nitrogens with zero attached hydrogens (tertiary/aromatic N) is 2. The number of amides is 1. The Balaban J connectivity index is 2.03. The lowest BCUT2D eigenvalue weighted by Gasteiger charge is -2.17. The molecule has 0 aliphatic carbocycles. The van der Waals surface area contributed by atoms with E-state index in [1.807, 2.05) is 0 Å². The van der Waals surface area contributed by atoms with Crippen LogP contribution < -0.4 is 4.90 Å². The van der Waals surface area contributed by atoms with Gasteiger partial charge in [-0.15, -0.1) is 6.58 Å². The largest absolute Gasteiger partial charge is 0.283 e. The fourth-order valence-electron chi connectivity index (χ4n) is 2.32. The predicted octanol–water partition coefficient (Wildman–Crippen LogP) is 5.28. The minimum absolute atomic E-state index is 0.0853. The normalized spacial score (nSPS) is 15.5. The number of carbonyl (C=O) groups excluding carboxylic acids is 1. The van der Waals surface area contributed by atoms with Crippen LogP contribution in [0.15, 0.2) is 65.8 Å². The van der Waals surface area contributed by atoms with Crippen LogP contribution in [0, 0.1) is 11.6 Å². The molecule has 0 fully saturated rings. The molecular weight excluding hydrogens is 378 g/mol. The molecule has 1 aliphatic heterocycles. The van der Waals surface area contributed by atoms with Crippen molar-refractivity contribution in [1.29, 1.82) is 0 Å². The highest BCUT2D eigenvalue weighted by atomic mass is 35.5. The molecule has 0 N–H and O–H groups in total. The molecule has 1 aliphatic rings. The van der Waals surface area contributed by atoms with Gasteiger partial charge in [-0.25, -0.2) is 13.8 Å². The average Bonchev–Trinajstić information content (AvgIpc) is 2.93. The number of anilines is 1. The number of benzene rings is 2. The molecule has 0 aromatic heterocycles. The molecule has 132 valence electrons. The highest BCUT2D eigenvalue weighted by molar-refractivity contribution is 8.14. The summed E-state index contributed by atoms with van der Waals surface area (Å²) in [5, 5.41) is 0.287. The summed E-state index contributed by atoms with van der Waals surface area (Å²) in [6.45, 7) is 3.65. The molecule has 3 rings (SSSR count). The second-order valence-corrected chi connectivity index (χ2v) is 6.68. The zero-order valence-electron chi connectivity index (χ0n) is 13.5. The lowest BCUT2D eigenvalue weighted by Crippen LogP contribution is -2.30. The third-order valence-corrected chi connectivity index (χ3v) is 4.74. The Labute approximate surface area is 158 Å². The topological polar surface area (TPSA) is 32.7 Å². The van der Waals surface area contributed by atoms with Crippen molar-refractivity contribution in [3.8, 4) is 0 Å². The summed E-state index contributed by atoms with van der Waals surface area (Å²) in [4.78, 5) is 18.5.